The summed E-state index contributed by atoms with van der Waals surface area (Å²) in [5.41, 5.74) is 7.09. The standard InChI is InChI=1S/C15H18N3O/c16-15(19)13-11-18(10-9-17-7-3-4-8-17)14-6-2-1-5-12(13)14/h2,5-6,11H,3-4,7-10H2,(H2,16,19). The number of rotatable bonds is 4. The number of primary amides is 1. The van der Waals surface area contributed by atoms with Crippen LogP contribution >= 0.6 is 0 Å². The number of nitrogens with zero attached hydrogens (tertiary/aromatic N) is 2. The molecule has 99 valence electrons. The van der Waals surface area contributed by atoms with Gasteiger partial charge >= 0.3 is 0 Å². The van der Waals surface area contributed by atoms with Gasteiger partial charge in [-0.2, -0.15) is 0 Å². The van der Waals surface area contributed by atoms with Gasteiger partial charge in [0.05, 0.1) is 5.56 Å². The molecule has 1 aliphatic rings. The first-order valence-electron chi connectivity index (χ1n) is 6.77. The monoisotopic (exact) mass is 256 g/mol. The largest absolute Gasteiger partial charge is 0.366 e. The molecule has 4 nitrogen and oxygen atoms in total. The van der Waals surface area contributed by atoms with E-state index in [4.69, 9.17) is 5.73 Å². The fraction of sp³-hybridized carbons (Fsp3) is 0.400. The van der Waals surface area contributed by atoms with Crippen LogP contribution in [0.15, 0.2) is 24.4 Å². The van der Waals surface area contributed by atoms with Crippen LogP contribution in [0.3, 0.4) is 0 Å². The normalized spacial score (nSPS) is 16.2. The zero-order chi connectivity index (χ0) is 13.2. The zero-order valence-electron chi connectivity index (χ0n) is 10.9. The highest BCUT2D eigenvalue weighted by Gasteiger charge is 2.14. The maximum Gasteiger partial charge on any atom is 0.250 e. The van der Waals surface area contributed by atoms with Crippen LogP contribution in [-0.2, 0) is 6.54 Å². The highest BCUT2D eigenvalue weighted by Crippen LogP contribution is 2.21. The van der Waals surface area contributed by atoms with E-state index in [1.807, 2.05) is 24.4 Å². The number of amides is 1. The first-order valence-corrected chi connectivity index (χ1v) is 6.77. The molecular formula is C15H18N3O. The Kier molecular flexibility index (Phi) is 3.25. The summed E-state index contributed by atoms with van der Waals surface area (Å²) in [4.78, 5) is 13.9. The van der Waals surface area contributed by atoms with Gasteiger partial charge in [0, 0.05) is 30.2 Å². The molecule has 0 spiro atoms. The summed E-state index contributed by atoms with van der Waals surface area (Å²) in [5, 5.41) is 0.899. The zero-order valence-corrected chi connectivity index (χ0v) is 10.9. The van der Waals surface area contributed by atoms with E-state index < -0.39 is 0 Å². The van der Waals surface area contributed by atoms with E-state index in [0.29, 0.717) is 5.56 Å². The van der Waals surface area contributed by atoms with Crippen LogP contribution in [0.1, 0.15) is 23.2 Å². The number of carbonyl (C=O) groups is 1. The minimum Gasteiger partial charge on any atom is -0.366 e. The lowest BCUT2D eigenvalue weighted by Crippen LogP contribution is -2.23. The number of carbonyl (C=O) groups excluding carboxylic acids is 1. The molecule has 0 atom stereocenters. The van der Waals surface area contributed by atoms with Gasteiger partial charge in [-0.05, 0) is 44.1 Å². The molecule has 19 heavy (non-hydrogen) atoms. The molecule has 1 amide bonds. The van der Waals surface area contributed by atoms with Crippen molar-refractivity contribution < 1.29 is 4.79 Å². The lowest BCUT2D eigenvalue weighted by Gasteiger charge is -2.15. The number of hydrogen-bond donors (Lipinski definition) is 1. The molecule has 0 aliphatic carbocycles. The Morgan fingerprint density at radius 1 is 1.32 bits per heavy atom. The van der Waals surface area contributed by atoms with E-state index in [9.17, 15) is 4.79 Å². The van der Waals surface area contributed by atoms with Crippen LogP contribution in [0.5, 0.6) is 0 Å². The number of hydrogen-bond acceptors (Lipinski definition) is 2. The molecule has 2 N–H and O–H groups in total. The first-order chi connectivity index (χ1) is 9.25. The van der Waals surface area contributed by atoms with Crippen molar-refractivity contribution >= 4 is 16.8 Å². The summed E-state index contributed by atoms with van der Waals surface area (Å²) in [5.74, 6) is -0.371. The third kappa shape index (κ3) is 2.36. The van der Waals surface area contributed by atoms with E-state index in [2.05, 4.69) is 15.5 Å². The van der Waals surface area contributed by atoms with Gasteiger partial charge in [-0.1, -0.05) is 6.07 Å². The van der Waals surface area contributed by atoms with Crippen LogP contribution in [0.2, 0.25) is 0 Å². The maximum absolute atomic E-state index is 11.5. The van der Waals surface area contributed by atoms with Gasteiger partial charge in [-0.25, -0.2) is 0 Å². The van der Waals surface area contributed by atoms with Crippen LogP contribution < -0.4 is 5.73 Å². The van der Waals surface area contributed by atoms with Crippen LogP contribution in [0, 0.1) is 6.07 Å². The first kappa shape index (κ1) is 12.2. The van der Waals surface area contributed by atoms with Crippen molar-refractivity contribution in [2.75, 3.05) is 19.6 Å². The number of aromatic nitrogens is 1. The van der Waals surface area contributed by atoms with E-state index >= 15 is 0 Å². The smallest absolute Gasteiger partial charge is 0.250 e. The Hall–Kier alpha value is -1.81. The molecule has 0 bridgehead atoms. The predicted molar refractivity (Wildman–Crippen MR) is 75.0 cm³/mol. The predicted octanol–water partition coefficient (Wildman–Crippen LogP) is 1.64. The molecule has 1 aromatic heterocycles. The number of nitrogens with two attached hydrogens (primary N) is 1. The van der Waals surface area contributed by atoms with Gasteiger partial charge < -0.3 is 15.2 Å². The average molecular weight is 256 g/mol. The van der Waals surface area contributed by atoms with Crippen LogP contribution in [0.4, 0.5) is 0 Å². The van der Waals surface area contributed by atoms with Crippen molar-refractivity contribution in [3.05, 3.63) is 36.0 Å². The molecule has 0 saturated carbocycles. The van der Waals surface area contributed by atoms with Crippen LogP contribution in [0.25, 0.3) is 10.9 Å². The summed E-state index contributed by atoms with van der Waals surface area (Å²) >= 11 is 0. The number of likely N-dealkylation sites (tertiary alicyclic amines) is 1. The van der Waals surface area contributed by atoms with Gasteiger partial charge in [0.1, 0.15) is 0 Å². The summed E-state index contributed by atoms with van der Waals surface area (Å²) in [7, 11) is 0. The number of benzene rings is 1. The Bertz CT molecular complexity index is 596. The molecular weight excluding hydrogens is 238 g/mol. The Morgan fingerprint density at radius 3 is 2.84 bits per heavy atom. The van der Waals surface area contributed by atoms with Crippen molar-refractivity contribution in [2.24, 2.45) is 5.73 Å². The molecule has 4 heteroatoms. The van der Waals surface area contributed by atoms with Gasteiger partial charge in [-0.15, -0.1) is 0 Å². The molecule has 0 unspecified atom stereocenters. The second-order valence-electron chi connectivity index (χ2n) is 5.09. The molecule has 3 rings (SSSR count). The van der Waals surface area contributed by atoms with Crippen LogP contribution in [-0.4, -0.2) is 35.0 Å². The van der Waals surface area contributed by atoms with Gasteiger partial charge in [-0.3, -0.25) is 4.79 Å². The van der Waals surface area contributed by atoms with Crippen molar-refractivity contribution in [2.45, 2.75) is 19.4 Å². The second-order valence-corrected chi connectivity index (χ2v) is 5.09. The maximum atomic E-state index is 11.5. The molecule has 1 saturated heterocycles. The molecule has 2 heterocycles. The quantitative estimate of drug-likeness (QED) is 0.904. The Labute approximate surface area is 112 Å². The van der Waals surface area contributed by atoms with E-state index in [1.165, 1.54) is 25.9 Å². The van der Waals surface area contributed by atoms with Crippen molar-refractivity contribution in [1.82, 2.24) is 9.47 Å². The fourth-order valence-corrected chi connectivity index (χ4v) is 2.82. The summed E-state index contributed by atoms with van der Waals surface area (Å²) in [6.07, 6.45) is 4.47. The molecule has 1 fully saturated rings. The molecule has 1 aromatic carbocycles. The van der Waals surface area contributed by atoms with Crippen molar-refractivity contribution in [3.8, 4) is 0 Å². The molecule has 2 aromatic rings. The Morgan fingerprint density at radius 2 is 2.11 bits per heavy atom. The minimum atomic E-state index is -0.371. The topological polar surface area (TPSA) is 51.3 Å². The summed E-state index contributed by atoms with van der Waals surface area (Å²) in [6.45, 7) is 4.31. The summed E-state index contributed by atoms with van der Waals surface area (Å²) < 4.78 is 2.13. The molecule has 1 radical (unpaired) electrons. The third-order valence-electron chi connectivity index (χ3n) is 3.85. The third-order valence-corrected chi connectivity index (χ3v) is 3.85. The van der Waals surface area contributed by atoms with E-state index in [0.717, 1.165) is 24.0 Å². The number of fused-ring (bicyclic) bond motifs is 1. The highest BCUT2D eigenvalue weighted by molar-refractivity contribution is 6.06. The van der Waals surface area contributed by atoms with Crippen molar-refractivity contribution in [1.29, 1.82) is 0 Å². The van der Waals surface area contributed by atoms with Crippen molar-refractivity contribution in [3.63, 3.8) is 0 Å². The van der Waals surface area contributed by atoms with E-state index in [-0.39, 0.29) is 5.91 Å². The van der Waals surface area contributed by atoms with Gasteiger partial charge in [0.15, 0.2) is 0 Å². The SMILES string of the molecule is NC(=O)c1cn(CCN2CCCC2)c2cc[c]cc12. The average Bonchev–Trinajstić information content (AvgIpc) is 3.04. The summed E-state index contributed by atoms with van der Waals surface area (Å²) in [6, 6.07) is 8.71. The lowest BCUT2D eigenvalue weighted by molar-refractivity contribution is 0.100. The van der Waals surface area contributed by atoms with Gasteiger partial charge in [0.25, 0.3) is 5.91 Å². The highest BCUT2D eigenvalue weighted by atomic mass is 16.1. The lowest BCUT2D eigenvalue weighted by atomic mass is 10.2. The van der Waals surface area contributed by atoms with Gasteiger partial charge in [0.2, 0.25) is 0 Å². The molecule has 1 aliphatic heterocycles. The Balaban J connectivity index is 1.87. The van der Waals surface area contributed by atoms with E-state index in [1.54, 1.807) is 0 Å². The second kappa shape index (κ2) is 5.05. The minimum absolute atomic E-state index is 0.371. The fourth-order valence-electron chi connectivity index (χ4n) is 2.82.